The average Bonchev–Trinajstić information content (AvgIpc) is 2.72. The summed E-state index contributed by atoms with van der Waals surface area (Å²) < 4.78 is 11.2. The van der Waals surface area contributed by atoms with Crippen molar-refractivity contribution < 1.29 is 19.4 Å². The van der Waals surface area contributed by atoms with Gasteiger partial charge in [0.2, 0.25) is 0 Å². The monoisotopic (exact) mass is 438 g/mol. The maximum absolute atomic E-state index is 12.0. The molecule has 0 saturated carbocycles. The SMILES string of the molecule is COC(=O)/C(=C/CC/C(C)=C/CCC1Oc2c(C)cc(O)cc2C=C1C)CCC=C(C)C. The van der Waals surface area contributed by atoms with Crippen LogP contribution in [-0.2, 0) is 9.53 Å². The summed E-state index contributed by atoms with van der Waals surface area (Å²) in [4.78, 5) is 12.0. The summed E-state index contributed by atoms with van der Waals surface area (Å²) in [6.07, 6.45) is 13.8. The van der Waals surface area contributed by atoms with Gasteiger partial charge in [0, 0.05) is 11.1 Å². The highest BCUT2D eigenvalue weighted by Gasteiger charge is 2.21. The lowest BCUT2D eigenvalue weighted by molar-refractivity contribution is -0.136. The van der Waals surface area contributed by atoms with Gasteiger partial charge in [0.15, 0.2) is 0 Å². The summed E-state index contributed by atoms with van der Waals surface area (Å²) in [7, 11) is 1.44. The molecule has 2 rings (SSSR count). The van der Waals surface area contributed by atoms with Crippen molar-refractivity contribution >= 4 is 12.0 Å². The standard InChI is InChI=1S/C28H38O4/c1-19(2)10-7-13-23(28(30)31-6)14-8-11-20(3)12-9-15-26-21(4)16-24-18-25(29)17-22(5)27(24)32-26/h10,12,14,16-18,26,29H,7-9,11,13,15H2,1-6H3/b20-12+,23-14+. The van der Waals surface area contributed by atoms with E-state index in [1.54, 1.807) is 12.1 Å². The van der Waals surface area contributed by atoms with Crippen LogP contribution in [0, 0.1) is 6.92 Å². The zero-order chi connectivity index (χ0) is 23.7. The molecule has 4 nitrogen and oxygen atoms in total. The van der Waals surface area contributed by atoms with Crippen LogP contribution >= 0.6 is 0 Å². The van der Waals surface area contributed by atoms with E-state index in [-0.39, 0.29) is 17.8 Å². The number of aromatic hydroxyl groups is 1. The van der Waals surface area contributed by atoms with E-state index in [9.17, 15) is 9.90 Å². The zero-order valence-electron chi connectivity index (χ0n) is 20.5. The first-order valence-corrected chi connectivity index (χ1v) is 11.5. The number of carbonyl (C=O) groups excluding carboxylic acids is 1. The number of allylic oxidation sites excluding steroid dienone is 5. The van der Waals surface area contributed by atoms with Gasteiger partial charge in [-0.05, 0) is 102 Å². The number of carbonyl (C=O) groups is 1. The van der Waals surface area contributed by atoms with Gasteiger partial charge >= 0.3 is 5.97 Å². The second-order valence-corrected chi connectivity index (χ2v) is 8.88. The molecule has 0 aromatic heterocycles. The van der Waals surface area contributed by atoms with Crippen molar-refractivity contribution in [1.82, 2.24) is 0 Å². The van der Waals surface area contributed by atoms with Crippen LogP contribution in [-0.4, -0.2) is 24.3 Å². The Hall–Kier alpha value is -2.75. The molecule has 32 heavy (non-hydrogen) atoms. The molecule has 174 valence electrons. The first-order valence-electron chi connectivity index (χ1n) is 11.5. The number of aryl methyl sites for hydroxylation is 1. The Balaban J connectivity index is 1.88. The van der Waals surface area contributed by atoms with Gasteiger partial charge in [-0.25, -0.2) is 4.79 Å². The van der Waals surface area contributed by atoms with Crippen LogP contribution in [0.15, 0.2) is 52.7 Å². The molecule has 0 spiro atoms. The Labute approximate surface area is 193 Å². The fourth-order valence-electron chi connectivity index (χ4n) is 3.90. The van der Waals surface area contributed by atoms with E-state index < -0.39 is 0 Å². The minimum Gasteiger partial charge on any atom is -0.508 e. The van der Waals surface area contributed by atoms with E-state index in [2.05, 4.69) is 45.9 Å². The highest BCUT2D eigenvalue weighted by molar-refractivity contribution is 5.88. The van der Waals surface area contributed by atoms with Crippen molar-refractivity contribution in [2.24, 2.45) is 0 Å². The lowest BCUT2D eigenvalue weighted by Gasteiger charge is -2.27. The quantitative estimate of drug-likeness (QED) is 0.238. The maximum atomic E-state index is 12.0. The zero-order valence-corrected chi connectivity index (χ0v) is 20.5. The molecule has 1 unspecified atom stereocenters. The molecule has 0 amide bonds. The van der Waals surface area contributed by atoms with Gasteiger partial charge in [-0.1, -0.05) is 29.4 Å². The van der Waals surface area contributed by atoms with Gasteiger partial charge < -0.3 is 14.6 Å². The fraction of sp³-hybridized carbons (Fsp3) is 0.464. The molecule has 4 heteroatoms. The number of benzene rings is 1. The van der Waals surface area contributed by atoms with Crippen molar-refractivity contribution in [2.75, 3.05) is 7.11 Å². The van der Waals surface area contributed by atoms with Crippen LogP contribution in [0.3, 0.4) is 0 Å². The molecule has 0 bridgehead atoms. The van der Waals surface area contributed by atoms with Crippen LogP contribution in [0.5, 0.6) is 11.5 Å². The van der Waals surface area contributed by atoms with Crippen LogP contribution in [0.1, 0.15) is 77.3 Å². The summed E-state index contributed by atoms with van der Waals surface area (Å²) in [5.74, 6) is 0.911. The van der Waals surface area contributed by atoms with Crippen LogP contribution in [0.4, 0.5) is 0 Å². The third kappa shape index (κ3) is 7.74. The minimum atomic E-state index is -0.227. The van der Waals surface area contributed by atoms with Gasteiger partial charge in [-0.15, -0.1) is 0 Å². The molecule has 1 aliphatic rings. The Bertz CT molecular complexity index is 927. The number of fused-ring (bicyclic) bond motifs is 1. The van der Waals surface area contributed by atoms with E-state index in [1.807, 2.05) is 13.0 Å². The lowest BCUT2D eigenvalue weighted by Crippen LogP contribution is -2.21. The Morgan fingerprint density at radius 1 is 1.06 bits per heavy atom. The second-order valence-electron chi connectivity index (χ2n) is 8.88. The second kappa shape index (κ2) is 12.3. The van der Waals surface area contributed by atoms with Gasteiger partial charge in [-0.2, -0.15) is 0 Å². The highest BCUT2D eigenvalue weighted by Crippen LogP contribution is 2.36. The normalized spacial score (nSPS) is 16.1. The number of phenolic OH excluding ortho intramolecular Hbond substituents is 1. The number of rotatable bonds is 10. The predicted molar refractivity (Wildman–Crippen MR) is 132 cm³/mol. The smallest absolute Gasteiger partial charge is 0.333 e. The molecule has 1 aromatic rings. The minimum absolute atomic E-state index is 0.0516. The first kappa shape index (κ1) is 25.5. The van der Waals surface area contributed by atoms with Gasteiger partial charge in [0.25, 0.3) is 0 Å². The predicted octanol–water partition coefficient (Wildman–Crippen LogP) is 7.22. The van der Waals surface area contributed by atoms with Gasteiger partial charge in [0.05, 0.1) is 7.11 Å². The summed E-state index contributed by atoms with van der Waals surface area (Å²) in [6.45, 7) is 10.3. The number of esters is 1. The number of hydrogen-bond acceptors (Lipinski definition) is 4. The molecule has 1 heterocycles. The van der Waals surface area contributed by atoms with Crippen molar-refractivity contribution in [3.63, 3.8) is 0 Å². The van der Waals surface area contributed by atoms with E-state index in [0.717, 1.165) is 54.6 Å². The number of phenols is 1. The first-order chi connectivity index (χ1) is 15.2. The molecule has 0 radical (unpaired) electrons. The number of ether oxygens (including phenoxy) is 2. The van der Waals surface area contributed by atoms with Crippen molar-refractivity contribution in [3.05, 3.63) is 63.8 Å². The van der Waals surface area contributed by atoms with Crippen LogP contribution in [0.25, 0.3) is 6.08 Å². The van der Waals surface area contributed by atoms with Gasteiger partial charge in [0.1, 0.15) is 17.6 Å². The topological polar surface area (TPSA) is 55.8 Å². The van der Waals surface area contributed by atoms with Crippen LogP contribution in [0.2, 0.25) is 0 Å². The summed E-state index contributed by atoms with van der Waals surface area (Å²) >= 11 is 0. The third-order valence-electron chi connectivity index (χ3n) is 5.70. The Morgan fingerprint density at radius 2 is 1.78 bits per heavy atom. The number of hydrogen-bond donors (Lipinski definition) is 1. The summed E-state index contributed by atoms with van der Waals surface area (Å²) in [5.41, 5.74) is 6.41. The Kier molecular flexibility index (Phi) is 9.83. The Morgan fingerprint density at radius 3 is 2.47 bits per heavy atom. The molecule has 1 atom stereocenters. The summed E-state index contributed by atoms with van der Waals surface area (Å²) in [5, 5.41) is 9.81. The molecule has 1 N–H and O–H groups in total. The van der Waals surface area contributed by atoms with E-state index in [4.69, 9.17) is 9.47 Å². The van der Waals surface area contributed by atoms with E-state index >= 15 is 0 Å². The molecule has 0 aliphatic carbocycles. The van der Waals surface area contributed by atoms with E-state index in [1.165, 1.54) is 23.8 Å². The molecular weight excluding hydrogens is 400 g/mol. The van der Waals surface area contributed by atoms with Crippen molar-refractivity contribution in [3.8, 4) is 11.5 Å². The maximum Gasteiger partial charge on any atom is 0.333 e. The molecule has 1 aromatic carbocycles. The lowest BCUT2D eigenvalue weighted by atomic mass is 9.97. The third-order valence-corrected chi connectivity index (χ3v) is 5.70. The van der Waals surface area contributed by atoms with Gasteiger partial charge in [-0.3, -0.25) is 0 Å². The number of methoxy groups -OCH3 is 1. The molecular formula is C28H38O4. The fourth-order valence-corrected chi connectivity index (χ4v) is 3.90. The largest absolute Gasteiger partial charge is 0.508 e. The van der Waals surface area contributed by atoms with E-state index in [0.29, 0.717) is 6.42 Å². The molecule has 0 saturated heterocycles. The average molecular weight is 439 g/mol. The molecule has 1 aliphatic heterocycles. The van der Waals surface area contributed by atoms with Crippen LogP contribution < -0.4 is 4.74 Å². The molecule has 0 fully saturated rings. The highest BCUT2D eigenvalue weighted by atomic mass is 16.5. The van der Waals surface area contributed by atoms with Crippen molar-refractivity contribution in [2.45, 2.75) is 79.2 Å². The van der Waals surface area contributed by atoms with Crippen molar-refractivity contribution in [1.29, 1.82) is 0 Å². The summed E-state index contributed by atoms with van der Waals surface area (Å²) in [6, 6.07) is 3.49.